The molecule has 1 N–H and O–H groups in total. The van der Waals surface area contributed by atoms with Gasteiger partial charge in [0.1, 0.15) is 0 Å². The topological polar surface area (TPSA) is 79.6 Å². The summed E-state index contributed by atoms with van der Waals surface area (Å²) in [7, 11) is -1.30. The summed E-state index contributed by atoms with van der Waals surface area (Å²) in [6.07, 6.45) is 4.80. The molecule has 1 aromatic rings. The standard InChI is InChI=1S/C15H27N5O2S.HI/c1-13-10-18-20(11-13)7-5-6-17-14(16-4)19-8-9-23(21,22)15(2,3)12-19;/h10-11H,5-9,12H2,1-4H3,(H,16,17);1H. The molecule has 0 saturated carbocycles. The van der Waals surface area contributed by atoms with E-state index in [1.165, 1.54) is 0 Å². The zero-order valence-corrected chi connectivity index (χ0v) is 18.0. The molecule has 1 aromatic heterocycles. The van der Waals surface area contributed by atoms with E-state index in [0.29, 0.717) is 13.1 Å². The Balaban J connectivity index is 0.00000288. The lowest BCUT2D eigenvalue weighted by Gasteiger charge is -2.39. The van der Waals surface area contributed by atoms with Crippen molar-refractivity contribution in [3.05, 3.63) is 18.0 Å². The van der Waals surface area contributed by atoms with E-state index in [2.05, 4.69) is 15.4 Å². The molecule has 0 unspecified atom stereocenters. The van der Waals surface area contributed by atoms with Gasteiger partial charge in [-0.1, -0.05) is 0 Å². The third-order valence-electron chi connectivity index (χ3n) is 4.16. The van der Waals surface area contributed by atoms with Crippen molar-refractivity contribution in [2.45, 2.75) is 38.5 Å². The van der Waals surface area contributed by atoms with E-state index >= 15 is 0 Å². The fourth-order valence-corrected chi connectivity index (χ4v) is 4.05. The van der Waals surface area contributed by atoms with Gasteiger partial charge in [0.15, 0.2) is 15.8 Å². The van der Waals surface area contributed by atoms with Gasteiger partial charge in [0.2, 0.25) is 0 Å². The average molecular weight is 469 g/mol. The summed E-state index contributed by atoms with van der Waals surface area (Å²) in [5, 5.41) is 7.58. The van der Waals surface area contributed by atoms with Crippen LogP contribution in [0.15, 0.2) is 17.4 Å². The van der Waals surface area contributed by atoms with E-state index in [-0.39, 0.29) is 29.7 Å². The minimum atomic E-state index is -3.03. The Morgan fingerprint density at radius 2 is 2.17 bits per heavy atom. The highest BCUT2D eigenvalue weighted by Crippen LogP contribution is 2.23. The molecule has 1 saturated heterocycles. The zero-order chi connectivity index (χ0) is 17.1. The first-order chi connectivity index (χ1) is 10.7. The monoisotopic (exact) mass is 469 g/mol. The molecular formula is C15H28IN5O2S. The number of hydrogen-bond acceptors (Lipinski definition) is 4. The maximum atomic E-state index is 12.1. The van der Waals surface area contributed by atoms with Gasteiger partial charge < -0.3 is 10.2 Å². The number of aliphatic imine (C=N–C) groups is 1. The summed E-state index contributed by atoms with van der Waals surface area (Å²) in [4.78, 5) is 6.31. The molecule has 0 radical (unpaired) electrons. The molecular weight excluding hydrogens is 441 g/mol. The fraction of sp³-hybridized carbons (Fsp3) is 0.733. The lowest BCUT2D eigenvalue weighted by Crippen LogP contribution is -2.57. The van der Waals surface area contributed by atoms with E-state index in [9.17, 15) is 8.42 Å². The van der Waals surface area contributed by atoms with Gasteiger partial charge in [-0.15, -0.1) is 24.0 Å². The normalized spacial score (nSPS) is 19.7. The molecule has 2 heterocycles. The molecule has 1 aliphatic heterocycles. The summed E-state index contributed by atoms with van der Waals surface area (Å²) in [6, 6.07) is 0. The molecule has 24 heavy (non-hydrogen) atoms. The number of rotatable bonds is 4. The highest BCUT2D eigenvalue weighted by molar-refractivity contribution is 14.0. The maximum absolute atomic E-state index is 12.1. The predicted molar refractivity (Wildman–Crippen MR) is 108 cm³/mol. The number of guanidine groups is 1. The highest BCUT2D eigenvalue weighted by atomic mass is 127. The zero-order valence-electron chi connectivity index (χ0n) is 14.8. The minimum Gasteiger partial charge on any atom is -0.356 e. The van der Waals surface area contributed by atoms with Gasteiger partial charge in [-0.25, -0.2) is 8.42 Å². The number of halogens is 1. The fourth-order valence-electron chi connectivity index (χ4n) is 2.69. The van der Waals surface area contributed by atoms with Gasteiger partial charge in [0.05, 0.1) is 16.7 Å². The van der Waals surface area contributed by atoms with E-state index < -0.39 is 14.6 Å². The van der Waals surface area contributed by atoms with Crippen LogP contribution in [0.1, 0.15) is 25.8 Å². The van der Waals surface area contributed by atoms with Crippen LogP contribution in [0.5, 0.6) is 0 Å². The lowest BCUT2D eigenvalue weighted by molar-refractivity contribution is 0.352. The van der Waals surface area contributed by atoms with Crippen LogP contribution < -0.4 is 5.32 Å². The molecule has 0 spiro atoms. The molecule has 138 valence electrons. The highest BCUT2D eigenvalue weighted by Gasteiger charge is 2.40. The molecule has 0 aromatic carbocycles. The Morgan fingerprint density at radius 1 is 1.46 bits per heavy atom. The molecule has 2 rings (SSSR count). The number of nitrogens with one attached hydrogen (secondary N) is 1. The summed E-state index contributed by atoms with van der Waals surface area (Å²) >= 11 is 0. The van der Waals surface area contributed by atoms with Crippen molar-refractivity contribution in [1.29, 1.82) is 0 Å². The van der Waals surface area contributed by atoms with Crippen LogP contribution >= 0.6 is 24.0 Å². The second-order valence-corrected chi connectivity index (χ2v) is 9.35. The van der Waals surface area contributed by atoms with E-state index in [1.54, 1.807) is 20.9 Å². The van der Waals surface area contributed by atoms with Crippen LogP contribution in [-0.2, 0) is 16.4 Å². The SMILES string of the molecule is CN=C(NCCCn1cc(C)cn1)N1CCS(=O)(=O)C(C)(C)C1.I. The van der Waals surface area contributed by atoms with Crippen LogP contribution in [-0.4, -0.2) is 66.2 Å². The molecule has 9 heteroatoms. The number of aromatic nitrogens is 2. The van der Waals surface area contributed by atoms with Crippen molar-refractivity contribution >= 4 is 39.8 Å². The number of aryl methyl sites for hydroxylation is 2. The van der Waals surface area contributed by atoms with Gasteiger partial charge in [-0.2, -0.15) is 5.10 Å². The van der Waals surface area contributed by atoms with Crippen molar-refractivity contribution in [1.82, 2.24) is 20.0 Å². The first-order valence-electron chi connectivity index (χ1n) is 7.92. The first-order valence-corrected chi connectivity index (χ1v) is 9.57. The molecule has 0 amide bonds. The Labute approximate surface area is 161 Å². The second kappa shape index (κ2) is 8.50. The average Bonchev–Trinajstić information content (AvgIpc) is 2.88. The first kappa shape index (κ1) is 21.2. The molecule has 0 bridgehead atoms. The molecule has 1 aliphatic rings. The van der Waals surface area contributed by atoms with Gasteiger partial charge in [-0.05, 0) is 32.8 Å². The molecule has 1 fully saturated rings. The van der Waals surface area contributed by atoms with E-state index in [4.69, 9.17) is 0 Å². The molecule has 0 aliphatic carbocycles. The van der Waals surface area contributed by atoms with Crippen molar-refractivity contribution in [3.63, 3.8) is 0 Å². The summed E-state index contributed by atoms with van der Waals surface area (Å²) in [6.45, 7) is 8.16. The third kappa shape index (κ3) is 5.08. The van der Waals surface area contributed by atoms with Crippen LogP contribution in [0.4, 0.5) is 0 Å². The van der Waals surface area contributed by atoms with Crippen molar-refractivity contribution in [3.8, 4) is 0 Å². The van der Waals surface area contributed by atoms with Gasteiger partial charge in [-0.3, -0.25) is 9.67 Å². The Morgan fingerprint density at radius 3 is 2.71 bits per heavy atom. The number of nitrogens with zero attached hydrogens (tertiary/aromatic N) is 4. The number of sulfone groups is 1. The quantitative estimate of drug-likeness (QED) is 0.311. The van der Waals surface area contributed by atoms with Gasteiger partial charge >= 0.3 is 0 Å². The van der Waals surface area contributed by atoms with E-state index in [1.807, 2.05) is 28.9 Å². The van der Waals surface area contributed by atoms with Crippen molar-refractivity contribution in [2.75, 3.05) is 32.4 Å². The molecule has 0 atom stereocenters. The number of hydrogen-bond donors (Lipinski definition) is 1. The van der Waals surface area contributed by atoms with Gasteiger partial charge in [0.25, 0.3) is 0 Å². The summed E-state index contributed by atoms with van der Waals surface area (Å²) in [5.41, 5.74) is 1.16. The van der Waals surface area contributed by atoms with Crippen molar-refractivity contribution < 1.29 is 8.42 Å². The third-order valence-corrected chi connectivity index (χ3v) is 6.70. The predicted octanol–water partition coefficient (Wildman–Crippen LogP) is 1.28. The summed E-state index contributed by atoms with van der Waals surface area (Å²) < 4.78 is 25.4. The maximum Gasteiger partial charge on any atom is 0.193 e. The van der Waals surface area contributed by atoms with E-state index in [0.717, 1.165) is 31.0 Å². The van der Waals surface area contributed by atoms with Gasteiger partial charge in [0, 0.05) is 39.4 Å². The second-order valence-electron chi connectivity index (χ2n) is 6.61. The largest absolute Gasteiger partial charge is 0.356 e. The minimum absolute atomic E-state index is 0. The Hall–Kier alpha value is -0.840. The van der Waals surface area contributed by atoms with Crippen LogP contribution in [0.3, 0.4) is 0 Å². The van der Waals surface area contributed by atoms with Crippen LogP contribution in [0.2, 0.25) is 0 Å². The lowest BCUT2D eigenvalue weighted by atomic mass is 10.2. The summed E-state index contributed by atoms with van der Waals surface area (Å²) in [5.74, 6) is 0.942. The molecule has 7 nitrogen and oxygen atoms in total. The smallest absolute Gasteiger partial charge is 0.193 e. The van der Waals surface area contributed by atoms with Crippen LogP contribution in [0, 0.1) is 6.92 Å². The Bertz CT molecular complexity index is 669. The van der Waals surface area contributed by atoms with Crippen molar-refractivity contribution in [2.24, 2.45) is 4.99 Å². The Kier molecular flexibility index (Phi) is 7.51. The van der Waals surface area contributed by atoms with Crippen LogP contribution in [0.25, 0.3) is 0 Å².